The number of aromatic nitrogens is 3. The fourth-order valence-corrected chi connectivity index (χ4v) is 3.20. The number of thioether (sulfide) groups is 1. The van der Waals surface area contributed by atoms with Crippen molar-refractivity contribution in [1.29, 1.82) is 5.26 Å². The van der Waals surface area contributed by atoms with Crippen LogP contribution in [-0.4, -0.2) is 20.0 Å². The van der Waals surface area contributed by atoms with Crippen LogP contribution in [0.3, 0.4) is 0 Å². The lowest BCUT2D eigenvalue weighted by Crippen LogP contribution is -2.02. The van der Waals surface area contributed by atoms with E-state index >= 15 is 0 Å². The molecule has 0 fully saturated rings. The van der Waals surface area contributed by atoms with E-state index in [9.17, 15) is 0 Å². The van der Waals surface area contributed by atoms with Crippen LogP contribution in [0.15, 0.2) is 53.7 Å². The molecule has 1 heterocycles. The number of benzene rings is 2. The van der Waals surface area contributed by atoms with Gasteiger partial charge < -0.3 is 0 Å². The Labute approximate surface area is 150 Å². The molecule has 2 aromatic carbocycles. The summed E-state index contributed by atoms with van der Waals surface area (Å²) in [6, 6.07) is 17.8. The minimum atomic E-state index is -0.212. The lowest BCUT2D eigenvalue weighted by atomic mass is 10.2. The number of nitrogens with zero attached hydrogens (tertiary/aromatic N) is 4. The summed E-state index contributed by atoms with van der Waals surface area (Å²) in [6.45, 7) is 3.89. The standard InChI is InChI=1S/C18H15ClN4S/c1-12-4-3-5-16(10-12)23-17(14-6-8-15(19)9-7-14)21-22-18(23)24-13(2)11-20/h3-10,13H,1-2H3. The van der Waals surface area contributed by atoms with Gasteiger partial charge in [0.05, 0.1) is 11.3 Å². The van der Waals surface area contributed by atoms with Gasteiger partial charge in [-0.05, 0) is 55.8 Å². The van der Waals surface area contributed by atoms with Crippen LogP contribution >= 0.6 is 23.4 Å². The quantitative estimate of drug-likeness (QED) is 0.625. The molecular weight excluding hydrogens is 340 g/mol. The minimum Gasteiger partial charge on any atom is -0.270 e. The molecule has 24 heavy (non-hydrogen) atoms. The molecule has 0 N–H and O–H groups in total. The zero-order chi connectivity index (χ0) is 17.1. The second kappa shape index (κ2) is 7.08. The number of nitriles is 1. The van der Waals surface area contributed by atoms with Crippen molar-refractivity contribution in [2.24, 2.45) is 0 Å². The van der Waals surface area contributed by atoms with E-state index in [1.807, 2.05) is 60.9 Å². The van der Waals surface area contributed by atoms with E-state index in [0.29, 0.717) is 10.2 Å². The highest BCUT2D eigenvalue weighted by atomic mass is 35.5. The molecule has 6 heteroatoms. The topological polar surface area (TPSA) is 54.5 Å². The largest absolute Gasteiger partial charge is 0.270 e. The summed E-state index contributed by atoms with van der Waals surface area (Å²) in [5.74, 6) is 0.727. The van der Waals surface area contributed by atoms with E-state index in [-0.39, 0.29) is 5.25 Å². The van der Waals surface area contributed by atoms with E-state index in [0.717, 1.165) is 22.6 Å². The molecule has 0 amide bonds. The number of hydrogen-bond donors (Lipinski definition) is 0. The van der Waals surface area contributed by atoms with Gasteiger partial charge in [0.15, 0.2) is 11.0 Å². The van der Waals surface area contributed by atoms with Crippen molar-refractivity contribution in [2.75, 3.05) is 0 Å². The lowest BCUT2D eigenvalue weighted by Gasteiger charge is -2.11. The number of halogens is 1. The normalized spacial score (nSPS) is 11.9. The van der Waals surface area contributed by atoms with Gasteiger partial charge in [-0.1, -0.05) is 35.5 Å². The third kappa shape index (κ3) is 3.45. The smallest absolute Gasteiger partial charge is 0.197 e. The number of aryl methyl sites for hydroxylation is 1. The van der Waals surface area contributed by atoms with Crippen LogP contribution in [0.5, 0.6) is 0 Å². The molecule has 120 valence electrons. The third-order valence-electron chi connectivity index (χ3n) is 3.46. The summed E-state index contributed by atoms with van der Waals surface area (Å²) in [7, 11) is 0. The van der Waals surface area contributed by atoms with Crippen LogP contribution in [0, 0.1) is 18.3 Å². The van der Waals surface area contributed by atoms with Gasteiger partial charge in [0.2, 0.25) is 0 Å². The Hall–Kier alpha value is -2.29. The van der Waals surface area contributed by atoms with E-state index in [4.69, 9.17) is 16.9 Å². The highest BCUT2D eigenvalue weighted by Crippen LogP contribution is 2.30. The average Bonchev–Trinajstić information content (AvgIpc) is 2.99. The number of rotatable bonds is 4. The van der Waals surface area contributed by atoms with Crippen molar-refractivity contribution < 1.29 is 0 Å². The Bertz CT molecular complexity index is 896. The average molecular weight is 355 g/mol. The lowest BCUT2D eigenvalue weighted by molar-refractivity contribution is 0.882. The Morgan fingerprint density at radius 2 is 1.92 bits per heavy atom. The monoisotopic (exact) mass is 354 g/mol. The molecule has 1 atom stereocenters. The summed E-state index contributed by atoms with van der Waals surface area (Å²) >= 11 is 7.38. The maximum Gasteiger partial charge on any atom is 0.197 e. The van der Waals surface area contributed by atoms with Gasteiger partial charge >= 0.3 is 0 Å². The predicted octanol–water partition coefficient (Wildman–Crippen LogP) is 4.90. The molecular formula is C18H15ClN4S. The first kappa shape index (κ1) is 16.6. The van der Waals surface area contributed by atoms with Crippen molar-refractivity contribution in [2.45, 2.75) is 24.3 Å². The molecule has 0 saturated carbocycles. The SMILES string of the molecule is Cc1cccc(-n2c(SC(C)C#N)nnc2-c2ccc(Cl)cc2)c1. The van der Waals surface area contributed by atoms with Crippen LogP contribution < -0.4 is 0 Å². The summed E-state index contributed by atoms with van der Waals surface area (Å²) in [5, 5.41) is 18.9. The molecule has 0 aliphatic carbocycles. The first-order valence-electron chi connectivity index (χ1n) is 7.43. The van der Waals surface area contributed by atoms with Crippen molar-refractivity contribution in [3.05, 3.63) is 59.1 Å². The first-order chi connectivity index (χ1) is 11.6. The first-order valence-corrected chi connectivity index (χ1v) is 8.69. The summed E-state index contributed by atoms with van der Waals surface area (Å²) in [5.41, 5.74) is 3.04. The van der Waals surface area contributed by atoms with Gasteiger partial charge in [-0.3, -0.25) is 4.57 Å². The van der Waals surface area contributed by atoms with Gasteiger partial charge in [0.1, 0.15) is 0 Å². The van der Waals surface area contributed by atoms with Crippen LogP contribution in [0.4, 0.5) is 0 Å². The maximum absolute atomic E-state index is 9.11. The van der Waals surface area contributed by atoms with E-state index in [2.05, 4.69) is 22.3 Å². The van der Waals surface area contributed by atoms with Crippen molar-refractivity contribution >= 4 is 23.4 Å². The molecule has 0 aliphatic rings. The molecule has 1 aromatic heterocycles. The zero-order valence-corrected chi connectivity index (χ0v) is 14.8. The Morgan fingerprint density at radius 3 is 2.58 bits per heavy atom. The van der Waals surface area contributed by atoms with Crippen LogP contribution in [0.25, 0.3) is 17.1 Å². The zero-order valence-electron chi connectivity index (χ0n) is 13.3. The molecule has 0 saturated heterocycles. The fourth-order valence-electron chi connectivity index (χ4n) is 2.32. The second-order valence-corrected chi connectivity index (χ2v) is 7.12. The molecule has 0 aliphatic heterocycles. The van der Waals surface area contributed by atoms with Crippen LogP contribution in [0.2, 0.25) is 5.02 Å². The van der Waals surface area contributed by atoms with E-state index < -0.39 is 0 Å². The molecule has 3 aromatic rings. The third-order valence-corrected chi connectivity index (χ3v) is 4.65. The molecule has 3 rings (SSSR count). The summed E-state index contributed by atoms with van der Waals surface area (Å²) < 4.78 is 1.98. The van der Waals surface area contributed by atoms with E-state index in [1.165, 1.54) is 11.8 Å². The predicted molar refractivity (Wildman–Crippen MR) is 97.5 cm³/mol. The van der Waals surface area contributed by atoms with Gasteiger partial charge in [0, 0.05) is 16.3 Å². The van der Waals surface area contributed by atoms with Gasteiger partial charge in [-0.2, -0.15) is 5.26 Å². The van der Waals surface area contributed by atoms with Crippen molar-refractivity contribution in [3.63, 3.8) is 0 Å². The van der Waals surface area contributed by atoms with Gasteiger partial charge in [-0.25, -0.2) is 0 Å². The maximum atomic E-state index is 9.11. The Morgan fingerprint density at radius 1 is 1.17 bits per heavy atom. The molecule has 0 spiro atoms. The van der Waals surface area contributed by atoms with Crippen molar-refractivity contribution in [3.8, 4) is 23.1 Å². The second-order valence-electron chi connectivity index (χ2n) is 5.38. The molecule has 1 unspecified atom stereocenters. The molecule has 0 bridgehead atoms. The van der Waals surface area contributed by atoms with Crippen LogP contribution in [0.1, 0.15) is 12.5 Å². The fraction of sp³-hybridized carbons (Fsp3) is 0.167. The molecule has 4 nitrogen and oxygen atoms in total. The Kier molecular flexibility index (Phi) is 4.89. The summed E-state index contributed by atoms with van der Waals surface area (Å²) in [6.07, 6.45) is 0. The minimum absolute atomic E-state index is 0.212. The highest BCUT2D eigenvalue weighted by molar-refractivity contribution is 8.00. The van der Waals surface area contributed by atoms with Gasteiger partial charge in [0.25, 0.3) is 0 Å². The van der Waals surface area contributed by atoms with E-state index in [1.54, 1.807) is 0 Å². The number of hydrogen-bond acceptors (Lipinski definition) is 4. The Balaban J connectivity index is 2.16. The molecule has 0 radical (unpaired) electrons. The van der Waals surface area contributed by atoms with Crippen LogP contribution in [-0.2, 0) is 0 Å². The highest BCUT2D eigenvalue weighted by Gasteiger charge is 2.18. The summed E-state index contributed by atoms with van der Waals surface area (Å²) in [4.78, 5) is 0. The van der Waals surface area contributed by atoms with Gasteiger partial charge in [-0.15, -0.1) is 10.2 Å². The van der Waals surface area contributed by atoms with Crippen molar-refractivity contribution in [1.82, 2.24) is 14.8 Å².